The van der Waals surface area contributed by atoms with Crippen molar-refractivity contribution < 1.29 is 4.39 Å². The molecule has 1 unspecified atom stereocenters. The van der Waals surface area contributed by atoms with Crippen LogP contribution in [0.15, 0.2) is 76.8 Å². The first-order valence-corrected chi connectivity index (χ1v) is 10.7. The Kier molecular flexibility index (Phi) is 6.79. The van der Waals surface area contributed by atoms with Crippen LogP contribution < -0.4 is 21.1 Å². The molecule has 2 aromatic heterocycles. The summed E-state index contributed by atoms with van der Waals surface area (Å²) in [4.78, 5) is 22.3. The van der Waals surface area contributed by atoms with Crippen molar-refractivity contribution >= 4 is 11.8 Å². The van der Waals surface area contributed by atoms with Crippen LogP contribution in [0.3, 0.4) is 0 Å². The summed E-state index contributed by atoms with van der Waals surface area (Å²) in [7, 11) is 1.74. The fourth-order valence-corrected chi connectivity index (χ4v) is 3.80. The van der Waals surface area contributed by atoms with Crippen LogP contribution in [0, 0.1) is 5.82 Å². The van der Waals surface area contributed by atoms with Crippen molar-refractivity contribution in [2.75, 3.05) is 25.0 Å². The van der Waals surface area contributed by atoms with Gasteiger partial charge in [0, 0.05) is 51.2 Å². The molecule has 8 heteroatoms. The van der Waals surface area contributed by atoms with E-state index in [1.165, 1.54) is 6.07 Å². The molecular weight excluding hydrogens is 407 g/mol. The Balaban J connectivity index is 1.28. The van der Waals surface area contributed by atoms with Gasteiger partial charge in [-0.2, -0.15) is 0 Å². The van der Waals surface area contributed by atoms with Gasteiger partial charge in [-0.25, -0.2) is 9.37 Å². The second-order valence-electron chi connectivity index (χ2n) is 7.79. The maximum atomic E-state index is 14.0. The van der Waals surface area contributed by atoms with Crippen LogP contribution >= 0.6 is 0 Å². The lowest BCUT2D eigenvalue weighted by atomic mass is 10.1. The number of rotatable bonds is 6. The van der Waals surface area contributed by atoms with Crippen LogP contribution in [-0.2, 0) is 13.1 Å². The van der Waals surface area contributed by atoms with Gasteiger partial charge in [0.1, 0.15) is 0 Å². The molecule has 1 aliphatic heterocycles. The molecule has 3 heterocycles. The number of guanidine groups is 1. The molecule has 1 fully saturated rings. The van der Waals surface area contributed by atoms with Gasteiger partial charge in [-0.3, -0.25) is 9.79 Å². The van der Waals surface area contributed by atoms with E-state index in [1.807, 2.05) is 35.2 Å². The summed E-state index contributed by atoms with van der Waals surface area (Å²) in [6, 6.07) is 16.5. The van der Waals surface area contributed by atoms with Gasteiger partial charge in [-0.15, -0.1) is 0 Å². The summed E-state index contributed by atoms with van der Waals surface area (Å²) in [6.45, 7) is 2.58. The summed E-state index contributed by atoms with van der Waals surface area (Å²) in [5.74, 6) is 0.812. The number of aromatic nitrogens is 2. The number of nitrogens with one attached hydrogen (secondary N) is 2. The molecule has 3 aromatic rings. The number of anilines is 1. The minimum absolute atomic E-state index is 0.00983. The largest absolute Gasteiger partial charge is 0.352 e. The monoisotopic (exact) mass is 434 g/mol. The average molecular weight is 435 g/mol. The van der Waals surface area contributed by atoms with E-state index in [1.54, 1.807) is 42.2 Å². The van der Waals surface area contributed by atoms with Crippen molar-refractivity contribution in [1.82, 2.24) is 20.2 Å². The van der Waals surface area contributed by atoms with Gasteiger partial charge in [-0.1, -0.05) is 30.3 Å². The molecule has 7 nitrogen and oxygen atoms in total. The fraction of sp³-hybridized carbons (Fsp3) is 0.292. The summed E-state index contributed by atoms with van der Waals surface area (Å²) >= 11 is 0. The minimum Gasteiger partial charge on any atom is -0.352 e. The Labute approximate surface area is 186 Å². The van der Waals surface area contributed by atoms with Crippen molar-refractivity contribution in [3.05, 3.63) is 94.3 Å². The van der Waals surface area contributed by atoms with Gasteiger partial charge in [-0.05, 0) is 35.7 Å². The predicted molar refractivity (Wildman–Crippen MR) is 124 cm³/mol. The molecule has 1 aliphatic rings. The molecule has 1 saturated heterocycles. The minimum atomic E-state index is -0.295. The third-order valence-electron chi connectivity index (χ3n) is 5.53. The predicted octanol–water partition coefficient (Wildman–Crippen LogP) is 2.37. The summed E-state index contributed by atoms with van der Waals surface area (Å²) in [6.07, 6.45) is 4.28. The molecule has 0 saturated carbocycles. The molecule has 1 aromatic carbocycles. The number of pyridine rings is 2. The highest BCUT2D eigenvalue weighted by Gasteiger charge is 2.25. The molecule has 166 valence electrons. The summed E-state index contributed by atoms with van der Waals surface area (Å²) < 4.78 is 15.7. The molecule has 0 amide bonds. The van der Waals surface area contributed by atoms with Gasteiger partial charge in [0.2, 0.25) is 0 Å². The molecule has 0 bridgehead atoms. The van der Waals surface area contributed by atoms with Crippen LogP contribution in [0.25, 0.3) is 0 Å². The van der Waals surface area contributed by atoms with Crippen molar-refractivity contribution in [2.24, 2.45) is 4.99 Å². The van der Waals surface area contributed by atoms with Crippen LogP contribution in [0.1, 0.15) is 17.5 Å². The highest BCUT2D eigenvalue weighted by atomic mass is 19.1. The third-order valence-corrected chi connectivity index (χ3v) is 5.53. The summed E-state index contributed by atoms with van der Waals surface area (Å²) in [5.41, 5.74) is 2.17. The molecule has 32 heavy (non-hydrogen) atoms. The van der Waals surface area contributed by atoms with Gasteiger partial charge in [0.05, 0.1) is 6.54 Å². The molecule has 0 aliphatic carbocycles. The first kappa shape index (κ1) is 21.5. The highest BCUT2D eigenvalue weighted by molar-refractivity contribution is 5.80. The van der Waals surface area contributed by atoms with E-state index < -0.39 is 0 Å². The van der Waals surface area contributed by atoms with E-state index in [2.05, 4.69) is 20.6 Å². The first-order valence-electron chi connectivity index (χ1n) is 10.7. The smallest absolute Gasteiger partial charge is 0.250 e. The maximum Gasteiger partial charge on any atom is 0.250 e. The van der Waals surface area contributed by atoms with Crippen molar-refractivity contribution in [1.29, 1.82) is 0 Å². The lowest BCUT2D eigenvalue weighted by molar-refractivity contribution is 0.612. The standard InChI is InChI=1S/C24H27FN6O/c1-26-24(29-20-11-14-31(17-20)23-21(25)5-4-12-27-23)28-15-18-7-9-19(10-8-18)16-30-13-3-2-6-22(30)32/h2-10,12-13,20H,11,14-17H2,1H3,(H2,26,28,29). The molecule has 1 atom stereocenters. The number of nitrogens with zero attached hydrogens (tertiary/aromatic N) is 4. The second-order valence-corrected chi connectivity index (χ2v) is 7.79. The number of hydrogen-bond donors (Lipinski definition) is 2. The van der Waals surface area contributed by atoms with Gasteiger partial charge in [0.15, 0.2) is 17.6 Å². The highest BCUT2D eigenvalue weighted by Crippen LogP contribution is 2.20. The molecule has 0 spiro atoms. The topological polar surface area (TPSA) is 74.6 Å². The van der Waals surface area contributed by atoms with Crippen LogP contribution in [0.2, 0.25) is 0 Å². The van der Waals surface area contributed by atoms with E-state index in [-0.39, 0.29) is 17.4 Å². The van der Waals surface area contributed by atoms with Crippen LogP contribution in [-0.4, -0.2) is 41.7 Å². The van der Waals surface area contributed by atoms with Crippen molar-refractivity contribution in [2.45, 2.75) is 25.6 Å². The Hall–Kier alpha value is -3.68. The molecular formula is C24H27FN6O. The number of halogens is 1. The number of aliphatic imine (C=N–C) groups is 1. The molecule has 4 rings (SSSR count). The molecule has 2 N–H and O–H groups in total. The fourth-order valence-electron chi connectivity index (χ4n) is 3.80. The summed E-state index contributed by atoms with van der Waals surface area (Å²) in [5, 5.41) is 6.75. The van der Waals surface area contributed by atoms with Crippen LogP contribution in [0.4, 0.5) is 10.2 Å². The van der Waals surface area contributed by atoms with E-state index in [0.29, 0.717) is 31.4 Å². The Bertz CT molecular complexity index is 1130. The normalized spacial score (nSPS) is 16.2. The quantitative estimate of drug-likeness (QED) is 0.460. The van der Waals surface area contributed by atoms with Gasteiger partial charge in [0.25, 0.3) is 5.56 Å². The van der Waals surface area contributed by atoms with E-state index >= 15 is 0 Å². The maximum absolute atomic E-state index is 14.0. The van der Waals surface area contributed by atoms with E-state index in [0.717, 1.165) is 24.1 Å². The lowest BCUT2D eigenvalue weighted by Gasteiger charge is -2.20. The van der Waals surface area contributed by atoms with E-state index in [9.17, 15) is 9.18 Å². The first-order chi connectivity index (χ1) is 15.6. The number of benzene rings is 1. The Morgan fingerprint density at radius 2 is 1.97 bits per heavy atom. The zero-order valence-electron chi connectivity index (χ0n) is 18.0. The second kappa shape index (κ2) is 10.1. The number of hydrogen-bond acceptors (Lipinski definition) is 4. The van der Waals surface area contributed by atoms with E-state index in [4.69, 9.17) is 0 Å². The zero-order valence-corrected chi connectivity index (χ0v) is 18.0. The van der Waals surface area contributed by atoms with Crippen molar-refractivity contribution in [3.8, 4) is 0 Å². The van der Waals surface area contributed by atoms with Crippen LogP contribution in [0.5, 0.6) is 0 Å². The van der Waals surface area contributed by atoms with Gasteiger partial charge >= 0.3 is 0 Å². The zero-order chi connectivity index (χ0) is 22.3. The molecule has 0 radical (unpaired) electrons. The lowest BCUT2D eigenvalue weighted by Crippen LogP contribution is -2.44. The Morgan fingerprint density at radius 1 is 1.16 bits per heavy atom. The SMILES string of the molecule is CN=C(NCc1ccc(Cn2ccccc2=O)cc1)NC1CCN(c2ncccc2F)C1. The van der Waals surface area contributed by atoms with Gasteiger partial charge < -0.3 is 20.1 Å². The average Bonchev–Trinajstić information content (AvgIpc) is 3.27. The third kappa shape index (κ3) is 5.32. The van der Waals surface area contributed by atoms with Crippen molar-refractivity contribution in [3.63, 3.8) is 0 Å². The Morgan fingerprint density at radius 3 is 2.72 bits per heavy atom.